The van der Waals surface area contributed by atoms with Crippen LogP contribution in [0.2, 0.25) is 0 Å². The van der Waals surface area contributed by atoms with Gasteiger partial charge in [-0.15, -0.1) is 0 Å². The van der Waals surface area contributed by atoms with E-state index in [4.69, 9.17) is 5.73 Å². The molecule has 0 radical (unpaired) electrons. The van der Waals surface area contributed by atoms with Gasteiger partial charge in [-0.2, -0.15) is 0 Å². The Morgan fingerprint density at radius 2 is 1.71 bits per heavy atom. The maximum absolute atomic E-state index is 13.2. The summed E-state index contributed by atoms with van der Waals surface area (Å²) >= 11 is 0. The van der Waals surface area contributed by atoms with Crippen LogP contribution in [0.25, 0.3) is 11.3 Å². The van der Waals surface area contributed by atoms with Gasteiger partial charge in [0.2, 0.25) is 5.91 Å². The number of rotatable bonds is 5. The quantitative estimate of drug-likeness (QED) is 0.800. The number of carbonyl (C=O) groups excluding carboxylic acids is 1. The van der Waals surface area contributed by atoms with Crippen LogP contribution in [0.4, 0.5) is 10.1 Å². The van der Waals surface area contributed by atoms with Crippen molar-refractivity contribution in [3.63, 3.8) is 0 Å². The molecule has 0 bridgehead atoms. The molecule has 3 heterocycles. The Hall–Kier alpha value is -2.47. The fourth-order valence-electron chi connectivity index (χ4n) is 5.80. The molecule has 5 nitrogen and oxygen atoms in total. The van der Waals surface area contributed by atoms with Crippen LogP contribution in [0.5, 0.6) is 0 Å². The van der Waals surface area contributed by atoms with Gasteiger partial charge in [0.25, 0.3) is 0 Å². The van der Waals surface area contributed by atoms with Gasteiger partial charge in [0.15, 0.2) is 0 Å². The molecule has 1 amide bonds. The minimum atomic E-state index is -0.281. The zero-order valence-corrected chi connectivity index (χ0v) is 18.0. The minimum Gasteiger partial charge on any atom is -0.397 e. The van der Waals surface area contributed by atoms with E-state index in [9.17, 15) is 9.18 Å². The summed E-state index contributed by atoms with van der Waals surface area (Å²) in [6.45, 7) is 5.52. The fourth-order valence-corrected chi connectivity index (χ4v) is 5.80. The summed E-state index contributed by atoms with van der Waals surface area (Å²) in [4.78, 5) is 22.3. The molecule has 2 unspecified atom stereocenters. The fraction of sp³-hybridized carbons (Fsp3) is 0.520. The van der Waals surface area contributed by atoms with Gasteiger partial charge in [-0.3, -0.25) is 9.78 Å². The molecule has 1 saturated carbocycles. The third kappa shape index (κ3) is 4.45. The Morgan fingerprint density at radius 1 is 1.03 bits per heavy atom. The summed E-state index contributed by atoms with van der Waals surface area (Å²) in [6, 6.07) is 9.82. The molecule has 5 rings (SSSR count). The molecule has 3 aliphatic rings. The maximum atomic E-state index is 13.2. The van der Waals surface area contributed by atoms with Crippen molar-refractivity contribution in [2.45, 2.75) is 32.1 Å². The molecule has 1 aromatic carbocycles. The lowest BCUT2D eigenvalue weighted by Gasteiger charge is -2.22. The first-order valence-corrected chi connectivity index (χ1v) is 11.6. The van der Waals surface area contributed by atoms with Gasteiger partial charge in [0.1, 0.15) is 5.82 Å². The van der Waals surface area contributed by atoms with Crippen molar-refractivity contribution in [1.29, 1.82) is 0 Å². The number of amides is 1. The van der Waals surface area contributed by atoms with E-state index in [2.05, 4.69) is 9.88 Å². The van der Waals surface area contributed by atoms with E-state index < -0.39 is 0 Å². The van der Waals surface area contributed by atoms with Crippen LogP contribution >= 0.6 is 0 Å². The highest BCUT2D eigenvalue weighted by atomic mass is 19.1. The van der Waals surface area contributed by atoms with Gasteiger partial charge in [-0.05, 0) is 92.9 Å². The number of hydrogen-bond donors (Lipinski definition) is 1. The molecule has 2 aromatic rings. The van der Waals surface area contributed by atoms with Crippen LogP contribution in [-0.4, -0.2) is 53.4 Å². The standard InChI is InChI=1S/C25H31FN4O/c26-21-5-3-18(4-6-21)23-8-7-22(27)24(28-23)13-25(31)30-15-19-11-17(12-20(19)16-30)14-29-9-1-2-10-29/h3-8,17,19-20H,1-2,9-16,27H2. The summed E-state index contributed by atoms with van der Waals surface area (Å²) in [5, 5.41) is 0. The Balaban J connectivity index is 1.20. The normalized spacial score (nSPS) is 25.8. The molecule has 2 aliphatic heterocycles. The predicted molar refractivity (Wildman–Crippen MR) is 120 cm³/mol. The van der Waals surface area contributed by atoms with Gasteiger partial charge in [-0.25, -0.2) is 4.39 Å². The number of nitrogens with zero attached hydrogens (tertiary/aromatic N) is 3. The monoisotopic (exact) mass is 422 g/mol. The van der Waals surface area contributed by atoms with Crippen molar-refractivity contribution in [1.82, 2.24) is 14.8 Å². The highest BCUT2D eigenvalue weighted by Gasteiger charge is 2.42. The van der Waals surface area contributed by atoms with Gasteiger partial charge >= 0.3 is 0 Å². The molecule has 3 fully saturated rings. The molecule has 1 aliphatic carbocycles. The summed E-state index contributed by atoms with van der Waals surface area (Å²) in [5.74, 6) is 1.92. The molecule has 1 aromatic heterocycles. The zero-order chi connectivity index (χ0) is 21.4. The van der Waals surface area contributed by atoms with Crippen molar-refractivity contribution in [2.75, 3.05) is 38.5 Å². The van der Waals surface area contributed by atoms with E-state index >= 15 is 0 Å². The third-order valence-electron chi connectivity index (χ3n) is 7.38. The van der Waals surface area contributed by atoms with Crippen LogP contribution in [0.15, 0.2) is 36.4 Å². The molecule has 2 atom stereocenters. The van der Waals surface area contributed by atoms with Crippen LogP contribution in [0.3, 0.4) is 0 Å². The Labute approximate surface area is 183 Å². The van der Waals surface area contributed by atoms with E-state index in [0.717, 1.165) is 24.6 Å². The molecule has 2 saturated heterocycles. The largest absolute Gasteiger partial charge is 0.397 e. The number of nitrogen functional groups attached to an aromatic ring is 1. The number of likely N-dealkylation sites (tertiary alicyclic amines) is 2. The molecular formula is C25H31FN4O. The predicted octanol–water partition coefficient (Wildman–Crippen LogP) is 3.59. The lowest BCUT2D eigenvalue weighted by molar-refractivity contribution is -0.129. The van der Waals surface area contributed by atoms with E-state index in [-0.39, 0.29) is 18.1 Å². The minimum absolute atomic E-state index is 0.112. The van der Waals surface area contributed by atoms with Gasteiger partial charge in [0.05, 0.1) is 23.5 Å². The highest BCUT2D eigenvalue weighted by molar-refractivity contribution is 5.80. The van der Waals surface area contributed by atoms with Crippen molar-refractivity contribution in [2.24, 2.45) is 17.8 Å². The maximum Gasteiger partial charge on any atom is 0.228 e. The molecule has 2 N–H and O–H groups in total. The Bertz CT molecular complexity index is 927. The summed E-state index contributed by atoms with van der Waals surface area (Å²) < 4.78 is 13.2. The number of hydrogen-bond acceptors (Lipinski definition) is 4. The first-order valence-electron chi connectivity index (χ1n) is 11.6. The summed E-state index contributed by atoms with van der Waals surface area (Å²) in [6.07, 6.45) is 5.43. The average molecular weight is 423 g/mol. The van der Waals surface area contributed by atoms with Crippen LogP contribution in [0, 0.1) is 23.6 Å². The second-order valence-corrected chi connectivity index (χ2v) is 9.58. The lowest BCUT2D eigenvalue weighted by Crippen LogP contribution is -2.32. The number of halogens is 1. The number of fused-ring (bicyclic) bond motifs is 1. The number of nitrogens with two attached hydrogens (primary N) is 1. The second kappa shape index (κ2) is 8.58. The summed E-state index contributed by atoms with van der Waals surface area (Å²) in [7, 11) is 0. The first-order chi connectivity index (χ1) is 15.0. The van der Waals surface area contributed by atoms with E-state index in [0.29, 0.717) is 28.9 Å². The number of benzene rings is 1. The second-order valence-electron chi connectivity index (χ2n) is 9.58. The van der Waals surface area contributed by atoms with E-state index in [1.165, 1.54) is 57.5 Å². The number of anilines is 1. The number of carbonyl (C=O) groups is 1. The smallest absolute Gasteiger partial charge is 0.228 e. The average Bonchev–Trinajstić information content (AvgIpc) is 3.47. The first kappa shape index (κ1) is 20.4. The number of aromatic nitrogens is 1. The molecule has 0 spiro atoms. The van der Waals surface area contributed by atoms with Crippen LogP contribution < -0.4 is 5.73 Å². The van der Waals surface area contributed by atoms with E-state index in [1.807, 2.05) is 11.0 Å². The number of pyridine rings is 1. The van der Waals surface area contributed by atoms with Crippen molar-refractivity contribution in [3.05, 3.63) is 47.9 Å². The third-order valence-corrected chi connectivity index (χ3v) is 7.38. The highest BCUT2D eigenvalue weighted by Crippen LogP contribution is 2.42. The van der Waals surface area contributed by atoms with Gasteiger partial charge in [-0.1, -0.05) is 0 Å². The Morgan fingerprint density at radius 3 is 2.39 bits per heavy atom. The SMILES string of the molecule is Nc1ccc(-c2ccc(F)cc2)nc1CC(=O)N1CC2CC(CN3CCCC3)CC2C1. The van der Waals surface area contributed by atoms with Crippen molar-refractivity contribution >= 4 is 11.6 Å². The van der Waals surface area contributed by atoms with Gasteiger partial charge < -0.3 is 15.5 Å². The summed E-state index contributed by atoms with van der Waals surface area (Å²) in [5.41, 5.74) is 8.79. The molecular weight excluding hydrogens is 391 g/mol. The molecule has 6 heteroatoms. The van der Waals surface area contributed by atoms with Crippen molar-refractivity contribution in [3.8, 4) is 11.3 Å². The van der Waals surface area contributed by atoms with E-state index in [1.54, 1.807) is 18.2 Å². The van der Waals surface area contributed by atoms with Gasteiger partial charge in [0, 0.05) is 25.2 Å². The Kier molecular flexibility index (Phi) is 5.65. The lowest BCUT2D eigenvalue weighted by atomic mass is 10.0. The topological polar surface area (TPSA) is 62.5 Å². The molecule has 164 valence electrons. The zero-order valence-electron chi connectivity index (χ0n) is 18.0. The van der Waals surface area contributed by atoms with Crippen LogP contribution in [-0.2, 0) is 11.2 Å². The van der Waals surface area contributed by atoms with Crippen molar-refractivity contribution < 1.29 is 9.18 Å². The van der Waals surface area contributed by atoms with Crippen LogP contribution in [0.1, 0.15) is 31.4 Å². The molecule has 31 heavy (non-hydrogen) atoms.